The molecule has 0 aliphatic rings. The second-order valence-corrected chi connectivity index (χ2v) is 1.71. The van der Waals surface area contributed by atoms with E-state index in [9.17, 15) is 0 Å². The van der Waals surface area contributed by atoms with Crippen molar-refractivity contribution >= 4 is 17.3 Å². The molecule has 0 unspecified atom stereocenters. The molecule has 0 heterocycles. The van der Waals surface area contributed by atoms with Crippen LogP contribution in [0.4, 0.5) is 0 Å². The molecule has 2 nitrogen and oxygen atoms in total. The van der Waals surface area contributed by atoms with Crippen molar-refractivity contribution in [1.29, 1.82) is 5.41 Å². The van der Waals surface area contributed by atoms with E-state index in [1.807, 2.05) is 0 Å². The first kappa shape index (κ1) is 7.50. The van der Waals surface area contributed by atoms with Gasteiger partial charge in [0.05, 0.1) is 11.6 Å². The normalized spacial score (nSPS) is 11.5. The van der Waals surface area contributed by atoms with E-state index in [1.54, 1.807) is 0 Å². The summed E-state index contributed by atoms with van der Waals surface area (Å²) in [6, 6.07) is 0. The van der Waals surface area contributed by atoms with Crippen molar-refractivity contribution in [3.8, 4) is 0 Å². The maximum Gasteiger partial charge on any atom is 0.0910 e. The van der Waals surface area contributed by atoms with Gasteiger partial charge in [0, 0.05) is 5.71 Å². The zero-order valence-corrected chi connectivity index (χ0v) is 5.37. The Bertz CT molecular complexity index is 116. The Morgan fingerprint density at radius 2 is 2.38 bits per heavy atom. The molecule has 3 heteroatoms. The van der Waals surface area contributed by atoms with Gasteiger partial charge in [0.2, 0.25) is 0 Å². The van der Waals surface area contributed by atoms with Crippen molar-refractivity contribution in [3.63, 3.8) is 0 Å². The Morgan fingerprint density at radius 3 is 2.50 bits per heavy atom. The number of hydrogen-bond donors (Lipinski definition) is 2. The molecule has 2 N–H and O–H groups in total. The van der Waals surface area contributed by atoms with Crippen LogP contribution < -0.4 is 0 Å². The van der Waals surface area contributed by atoms with E-state index < -0.39 is 0 Å². The summed E-state index contributed by atoms with van der Waals surface area (Å²) in [4.78, 5) is 0. The van der Waals surface area contributed by atoms with Crippen LogP contribution in [-0.4, -0.2) is 16.7 Å². The molecule has 0 aliphatic heterocycles. The molecule has 0 atom stereocenters. The Morgan fingerprint density at radius 1 is 1.88 bits per heavy atom. The molecule has 0 aromatic rings. The second-order valence-electron chi connectivity index (χ2n) is 1.44. The number of halogens is 1. The average Bonchev–Trinajstić information content (AvgIpc) is 1.65. The molecule has 0 amide bonds. The fourth-order valence-corrected chi connectivity index (χ4v) is 0.368. The summed E-state index contributed by atoms with van der Waals surface area (Å²) in [5, 5.41) is 15.4. The van der Waals surface area contributed by atoms with Crippen molar-refractivity contribution in [1.82, 2.24) is 0 Å². The third-order valence-corrected chi connectivity index (χ3v) is 0.815. The molecular formula is C5H8ClNO. The molecule has 0 aliphatic carbocycles. The van der Waals surface area contributed by atoms with E-state index in [4.69, 9.17) is 22.1 Å². The molecule has 0 rings (SSSR count). The number of allylic oxidation sites excluding steroid dienone is 2. The van der Waals surface area contributed by atoms with E-state index in [2.05, 4.69) is 0 Å². The molecule has 0 bridgehead atoms. The highest BCUT2D eigenvalue weighted by molar-refractivity contribution is 6.30. The smallest absolute Gasteiger partial charge is 0.0910 e. The maximum atomic E-state index is 8.52. The lowest BCUT2D eigenvalue weighted by molar-refractivity contribution is 0.415. The van der Waals surface area contributed by atoms with Crippen LogP contribution >= 0.6 is 11.6 Å². The molecule has 8 heavy (non-hydrogen) atoms. The van der Waals surface area contributed by atoms with Gasteiger partial charge >= 0.3 is 0 Å². The van der Waals surface area contributed by atoms with E-state index in [0.29, 0.717) is 0 Å². The molecule has 0 spiro atoms. The predicted molar refractivity (Wildman–Crippen MR) is 34.8 cm³/mol. The van der Waals surface area contributed by atoms with Crippen LogP contribution in [0.2, 0.25) is 0 Å². The number of rotatable bonds is 2. The zero-order valence-electron chi connectivity index (χ0n) is 4.61. The summed E-state index contributed by atoms with van der Waals surface area (Å²) in [5.74, 6) is 0.272. The molecule has 46 valence electrons. The molecule has 0 saturated carbocycles. The van der Waals surface area contributed by atoms with Gasteiger partial charge in [0.25, 0.3) is 0 Å². The van der Waals surface area contributed by atoms with Crippen LogP contribution in [0.15, 0.2) is 11.8 Å². The largest absolute Gasteiger partial charge is 0.513 e. The highest BCUT2D eigenvalue weighted by Gasteiger charge is 1.86. The summed E-state index contributed by atoms with van der Waals surface area (Å²) in [5.41, 5.74) is 0.228. The first-order chi connectivity index (χ1) is 3.66. The van der Waals surface area contributed by atoms with Crippen LogP contribution in [-0.2, 0) is 0 Å². The summed E-state index contributed by atoms with van der Waals surface area (Å²) < 4.78 is 0. The van der Waals surface area contributed by atoms with Crippen LogP contribution in [0.1, 0.15) is 6.92 Å². The van der Waals surface area contributed by atoms with Crippen LogP contribution in [0.5, 0.6) is 0 Å². The van der Waals surface area contributed by atoms with Crippen LogP contribution in [0.25, 0.3) is 0 Å². The summed E-state index contributed by atoms with van der Waals surface area (Å²) in [7, 11) is 0. The first-order valence-corrected chi connectivity index (χ1v) is 2.71. The SMILES string of the molecule is C/C(O)=C/C(=N)CCl. The van der Waals surface area contributed by atoms with Crippen molar-refractivity contribution in [2.75, 3.05) is 5.88 Å². The monoisotopic (exact) mass is 133 g/mol. The van der Waals surface area contributed by atoms with E-state index in [0.717, 1.165) is 0 Å². The van der Waals surface area contributed by atoms with Gasteiger partial charge in [-0.25, -0.2) is 0 Å². The fraction of sp³-hybridized carbons (Fsp3) is 0.400. The standard InChI is InChI=1S/C5H8ClNO/c1-4(8)2-5(7)3-6/h2,7-8H,3H2,1H3/b4-2-,7-5?. The number of aliphatic hydroxyl groups excluding tert-OH is 1. The number of nitrogens with one attached hydrogen (secondary N) is 1. The van der Waals surface area contributed by atoms with E-state index in [1.165, 1.54) is 13.0 Å². The van der Waals surface area contributed by atoms with Crippen molar-refractivity contribution in [2.24, 2.45) is 0 Å². The molecule has 0 aromatic heterocycles. The summed E-state index contributed by atoms with van der Waals surface area (Å²) >= 11 is 5.22. The van der Waals surface area contributed by atoms with Gasteiger partial charge in [0.15, 0.2) is 0 Å². The van der Waals surface area contributed by atoms with Crippen LogP contribution in [0, 0.1) is 5.41 Å². The Labute approximate surface area is 53.3 Å². The van der Waals surface area contributed by atoms with Gasteiger partial charge in [-0.1, -0.05) is 0 Å². The average molecular weight is 134 g/mol. The molecule has 0 aromatic carbocycles. The highest BCUT2D eigenvalue weighted by atomic mass is 35.5. The topological polar surface area (TPSA) is 44.1 Å². The van der Waals surface area contributed by atoms with Gasteiger partial charge in [-0.15, -0.1) is 11.6 Å². The van der Waals surface area contributed by atoms with Gasteiger partial charge in [0.1, 0.15) is 0 Å². The summed E-state index contributed by atoms with van der Waals surface area (Å²) in [6.45, 7) is 1.50. The molecule has 0 fully saturated rings. The molecular weight excluding hydrogens is 126 g/mol. The zero-order chi connectivity index (χ0) is 6.57. The second kappa shape index (κ2) is 3.50. The Kier molecular flexibility index (Phi) is 3.28. The van der Waals surface area contributed by atoms with Crippen molar-refractivity contribution in [2.45, 2.75) is 6.92 Å². The quantitative estimate of drug-likeness (QED) is 0.336. The van der Waals surface area contributed by atoms with E-state index in [-0.39, 0.29) is 17.4 Å². The first-order valence-electron chi connectivity index (χ1n) is 2.17. The molecule has 0 saturated heterocycles. The van der Waals surface area contributed by atoms with Crippen LogP contribution in [0.3, 0.4) is 0 Å². The van der Waals surface area contributed by atoms with Crippen molar-refractivity contribution < 1.29 is 5.11 Å². The lowest BCUT2D eigenvalue weighted by Gasteiger charge is -1.87. The minimum Gasteiger partial charge on any atom is -0.513 e. The van der Waals surface area contributed by atoms with Crippen molar-refractivity contribution in [3.05, 3.63) is 11.8 Å². The fourth-order valence-electron chi connectivity index (χ4n) is 0.291. The van der Waals surface area contributed by atoms with Gasteiger partial charge in [-0.05, 0) is 13.0 Å². The predicted octanol–water partition coefficient (Wildman–Crippen LogP) is 1.71. The van der Waals surface area contributed by atoms with Gasteiger partial charge < -0.3 is 10.5 Å². The Hall–Kier alpha value is -0.500. The maximum absolute atomic E-state index is 8.52. The number of aliphatic hydroxyl groups is 1. The lowest BCUT2D eigenvalue weighted by Crippen LogP contribution is -1.92. The van der Waals surface area contributed by atoms with Gasteiger partial charge in [-0.2, -0.15) is 0 Å². The minimum atomic E-state index is 0.121. The number of hydrogen-bond acceptors (Lipinski definition) is 2. The third-order valence-electron chi connectivity index (χ3n) is 0.527. The number of alkyl halides is 1. The van der Waals surface area contributed by atoms with Gasteiger partial charge in [-0.3, -0.25) is 0 Å². The minimum absolute atomic E-state index is 0.121. The Balaban J connectivity index is 3.70. The third kappa shape index (κ3) is 3.68. The lowest BCUT2D eigenvalue weighted by atomic mass is 10.3. The highest BCUT2D eigenvalue weighted by Crippen LogP contribution is 1.87. The summed E-state index contributed by atoms with van der Waals surface area (Å²) in [6.07, 6.45) is 1.31. The molecule has 0 radical (unpaired) electrons. The van der Waals surface area contributed by atoms with E-state index >= 15 is 0 Å².